The molecule has 1 aliphatic heterocycles. The van der Waals surface area contributed by atoms with Gasteiger partial charge in [-0.1, -0.05) is 23.7 Å². The van der Waals surface area contributed by atoms with Crippen LogP contribution in [0.25, 0.3) is 0 Å². The molecule has 0 radical (unpaired) electrons. The van der Waals surface area contributed by atoms with Crippen molar-refractivity contribution in [1.29, 1.82) is 0 Å². The van der Waals surface area contributed by atoms with E-state index in [0.29, 0.717) is 29.6 Å². The smallest absolute Gasteiger partial charge is 0.256 e. The number of hydrogen-bond acceptors (Lipinski definition) is 3. The van der Waals surface area contributed by atoms with Gasteiger partial charge >= 0.3 is 0 Å². The van der Waals surface area contributed by atoms with Crippen molar-refractivity contribution in [3.05, 3.63) is 53.1 Å². The molecule has 1 saturated carbocycles. The number of hydrogen-bond donors (Lipinski definition) is 1. The summed E-state index contributed by atoms with van der Waals surface area (Å²) in [5, 5.41) is 10.9. The van der Waals surface area contributed by atoms with Crippen LogP contribution >= 0.6 is 11.6 Å². The quantitative estimate of drug-likeness (QED) is 0.874. The van der Waals surface area contributed by atoms with Crippen molar-refractivity contribution >= 4 is 17.5 Å². The van der Waals surface area contributed by atoms with Crippen molar-refractivity contribution in [2.24, 2.45) is 5.92 Å². The lowest BCUT2D eigenvalue weighted by molar-refractivity contribution is -0.141. The van der Waals surface area contributed by atoms with E-state index in [4.69, 9.17) is 11.6 Å². The van der Waals surface area contributed by atoms with E-state index in [1.807, 2.05) is 6.20 Å². The molecular weight excluding hydrogens is 350 g/mol. The number of carbonyl (C=O) groups excluding carboxylic acids is 1. The fraction of sp³-hybridized carbons (Fsp3) is 0.500. The number of aliphatic hydroxyl groups is 1. The number of imidazole rings is 1. The third-order valence-corrected chi connectivity index (χ3v) is 5.70. The molecule has 2 aromatic rings. The van der Waals surface area contributed by atoms with Gasteiger partial charge in [-0.25, -0.2) is 4.98 Å². The van der Waals surface area contributed by atoms with Gasteiger partial charge in [0.2, 0.25) is 0 Å². The minimum atomic E-state index is -1.15. The van der Waals surface area contributed by atoms with Crippen molar-refractivity contribution in [2.45, 2.75) is 44.2 Å². The van der Waals surface area contributed by atoms with Gasteiger partial charge in [0.25, 0.3) is 5.91 Å². The average Bonchev–Trinajstić information content (AvgIpc) is 3.36. The monoisotopic (exact) mass is 373 g/mol. The average molecular weight is 374 g/mol. The summed E-state index contributed by atoms with van der Waals surface area (Å²) in [5.74, 6) is 2.11. The number of piperidine rings is 1. The van der Waals surface area contributed by atoms with Gasteiger partial charge in [0.1, 0.15) is 5.82 Å². The van der Waals surface area contributed by atoms with Gasteiger partial charge in [0, 0.05) is 43.0 Å². The number of aliphatic hydroxyl groups excluding tert-OH is 1. The molecule has 4 rings (SSSR count). The molecule has 1 aliphatic carbocycles. The molecule has 5 nitrogen and oxygen atoms in total. The van der Waals surface area contributed by atoms with Crippen molar-refractivity contribution < 1.29 is 9.90 Å². The van der Waals surface area contributed by atoms with Crippen molar-refractivity contribution in [1.82, 2.24) is 14.5 Å². The van der Waals surface area contributed by atoms with E-state index in [0.717, 1.165) is 31.1 Å². The Kier molecular flexibility index (Phi) is 5.00. The van der Waals surface area contributed by atoms with Gasteiger partial charge in [-0.05, 0) is 49.3 Å². The summed E-state index contributed by atoms with van der Waals surface area (Å²) in [4.78, 5) is 19.0. The summed E-state index contributed by atoms with van der Waals surface area (Å²) < 4.78 is 2.29. The van der Waals surface area contributed by atoms with Crippen LogP contribution in [0, 0.1) is 5.92 Å². The van der Waals surface area contributed by atoms with Gasteiger partial charge in [-0.15, -0.1) is 0 Å². The highest BCUT2D eigenvalue weighted by Gasteiger charge is 2.31. The molecule has 1 saturated heterocycles. The SMILES string of the molecule is O=C([C@H](O)c1cccc(Cl)c1)N1CCC(c2nccn2CC2CC2)CC1. The molecule has 6 heteroatoms. The van der Waals surface area contributed by atoms with Crippen LogP contribution in [0.1, 0.15) is 49.1 Å². The third-order valence-electron chi connectivity index (χ3n) is 5.47. The molecular formula is C20H24ClN3O2. The molecule has 1 aromatic heterocycles. The first-order valence-electron chi connectivity index (χ1n) is 9.35. The molecule has 0 spiro atoms. The second kappa shape index (κ2) is 7.41. The van der Waals surface area contributed by atoms with Crippen LogP contribution in [-0.2, 0) is 11.3 Å². The van der Waals surface area contributed by atoms with E-state index in [9.17, 15) is 9.90 Å². The Morgan fingerprint density at radius 2 is 2.04 bits per heavy atom. The Hall–Kier alpha value is -1.85. The van der Waals surface area contributed by atoms with E-state index < -0.39 is 6.10 Å². The number of amides is 1. The zero-order chi connectivity index (χ0) is 18.1. The van der Waals surface area contributed by atoms with Gasteiger partial charge in [-0.3, -0.25) is 4.79 Å². The summed E-state index contributed by atoms with van der Waals surface area (Å²) in [5.41, 5.74) is 0.546. The Balaban J connectivity index is 1.37. The number of benzene rings is 1. The zero-order valence-corrected chi connectivity index (χ0v) is 15.5. The number of carbonyl (C=O) groups is 1. The molecule has 1 amide bonds. The van der Waals surface area contributed by atoms with E-state index in [2.05, 4.69) is 15.7 Å². The van der Waals surface area contributed by atoms with Crippen molar-refractivity contribution in [3.63, 3.8) is 0 Å². The van der Waals surface area contributed by atoms with Crippen LogP contribution < -0.4 is 0 Å². The van der Waals surface area contributed by atoms with Gasteiger partial charge in [-0.2, -0.15) is 0 Å². The van der Waals surface area contributed by atoms with Crippen LogP contribution in [0.5, 0.6) is 0 Å². The molecule has 26 heavy (non-hydrogen) atoms. The summed E-state index contributed by atoms with van der Waals surface area (Å²) in [6.07, 6.45) is 7.23. The number of halogens is 1. The van der Waals surface area contributed by atoms with E-state index in [1.54, 1.807) is 29.2 Å². The second-order valence-electron chi connectivity index (χ2n) is 7.44. The Labute approximate surface area is 158 Å². The lowest BCUT2D eigenvalue weighted by atomic mass is 9.95. The number of aromatic nitrogens is 2. The first-order valence-corrected chi connectivity index (χ1v) is 9.73. The highest BCUT2D eigenvalue weighted by atomic mass is 35.5. The number of nitrogens with zero attached hydrogens (tertiary/aromatic N) is 3. The fourth-order valence-corrected chi connectivity index (χ4v) is 3.96. The summed E-state index contributed by atoms with van der Waals surface area (Å²) in [6, 6.07) is 6.86. The van der Waals surface area contributed by atoms with Gasteiger partial charge < -0.3 is 14.6 Å². The molecule has 1 N–H and O–H groups in total. The minimum Gasteiger partial charge on any atom is -0.378 e. The van der Waals surface area contributed by atoms with Crippen LogP contribution in [0.4, 0.5) is 0 Å². The predicted octanol–water partition coefficient (Wildman–Crippen LogP) is 3.39. The maximum absolute atomic E-state index is 12.6. The van der Waals surface area contributed by atoms with Crippen LogP contribution in [0.2, 0.25) is 5.02 Å². The maximum Gasteiger partial charge on any atom is 0.256 e. The summed E-state index contributed by atoms with van der Waals surface area (Å²) in [6.45, 7) is 2.37. The summed E-state index contributed by atoms with van der Waals surface area (Å²) in [7, 11) is 0. The molecule has 2 fully saturated rings. The Bertz CT molecular complexity index is 779. The van der Waals surface area contributed by atoms with Gasteiger partial charge in [0.05, 0.1) is 0 Å². The first kappa shape index (κ1) is 17.6. The predicted molar refractivity (Wildman–Crippen MR) is 99.9 cm³/mol. The van der Waals surface area contributed by atoms with Gasteiger partial charge in [0.15, 0.2) is 6.10 Å². The molecule has 1 aromatic carbocycles. The van der Waals surface area contributed by atoms with Crippen molar-refractivity contribution in [2.75, 3.05) is 13.1 Å². The van der Waals surface area contributed by atoms with Crippen LogP contribution in [0.3, 0.4) is 0 Å². The highest BCUT2D eigenvalue weighted by molar-refractivity contribution is 6.30. The van der Waals surface area contributed by atoms with E-state index >= 15 is 0 Å². The van der Waals surface area contributed by atoms with E-state index in [1.165, 1.54) is 12.8 Å². The standard InChI is InChI=1S/C20H24ClN3O2/c21-17-3-1-2-16(12-17)18(25)20(26)23-9-6-15(7-10-23)19-22-8-11-24(19)13-14-4-5-14/h1-3,8,11-12,14-15,18,25H,4-7,9-10,13H2/t18-/m1/s1. The maximum atomic E-state index is 12.6. The fourth-order valence-electron chi connectivity index (χ4n) is 3.76. The van der Waals surface area contributed by atoms with Crippen molar-refractivity contribution in [3.8, 4) is 0 Å². The normalized spacial score (nSPS) is 19.5. The Morgan fingerprint density at radius 3 is 2.73 bits per heavy atom. The topological polar surface area (TPSA) is 58.4 Å². The Morgan fingerprint density at radius 1 is 1.27 bits per heavy atom. The largest absolute Gasteiger partial charge is 0.378 e. The van der Waals surface area contributed by atoms with Crippen LogP contribution in [-0.4, -0.2) is 38.6 Å². The number of rotatable bonds is 5. The first-order chi connectivity index (χ1) is 12.6. The molecule has 2 aliphatic rings. The molecule has 0 bridgehead atoms. The molecule has 0 unspecified atom stereocenters. The summed E-state index contributed by atoms with van der Waals surface area (Å²) >= 11 is 5.97. The second-order valence-corrected chi connectivity index (χ2v) is 7.87. The van der Waals surface area contributed by atoms with Crippen LogP contribution in [0.15, 0.2) is 36.7 Å². The molecule has 2 heterocycles. The van der Waals surface area contributed by atoms with E-state index in [-0.39, 0.29) is 5.91 Å². The lowest BCUT2D eigenvalue weighted by Crippen LogP contribution is -2.41. The number of likely N-dealkylation sites (tertiary alicyclic amines) is 1. The lowest BCUT2D eigenvalue weighted by Gasteiger charge is -2.33. The third kappa shape index (κ3) is 3.79. The molecule has 138 valence electrons. The highest BCUT2D eigenvalue weighted by Crippen LogP contribution is 2.33. The molecule has 1 atom stereocenters. The zero-order valence-electron chi connectivity index (χ0n) is 14.7. The minimum absolute atomic E-state index is 0.243.